The van der Waals surface area contributed by atoms with Crippen molar-refractivity contribution >= 4 is 12.0 Å². The fourth-order valence-electron chi connectivity index (χ4n) is 3.77. The Kier molecular flexibility index (Phi) is 10.2. The number of aliphatic hydroxyl groups is 4. The molecule has 0 saturated carbocycles. The Hall–Kier alpha value is -3.55. The number of rotatable bonds is 11. The van der Waals surface area contributed by atoms with Gasteiger partial charge in [-0.3, -0.25) is 0 Å². The van der Waals surface area contributed by atoms with E-state index >= 15 is 0 Å². The summed E-state index contributed by atoms with van der Waals surface area (Å²) in [5, 5.41) is 59.2. The number of hydrogen-bond acceptors (Lipinski definition) is 12. The average Bonchev–Trinajstić information content (AvgIpc) is 2.92. The summed E-state index contributed by atoms with van der Waals surface area (Å²) in [6.45, 7) is -0.476. The van der Waals surface area contributed by atoms with Gasteiger partial charge < -0.3 is 54.3 Å². The van der Waals surface area contributed by atoms with E-state index in [4.69, 9.17) is 28.8 Å². The van der Waals surface area contributed by atoms with Gasteiger partial charge in [0.2, 0.25) is 12.0 Å². The van der Waals surface area contributed by atoms with Crippen LogP contribution in [0.3, 0.4) is 0 Å². The molecule has 0 radical (unpaired) electrons. The van der Waals surface area contributed by atoms with E-state index in [9.17, 15) is 30.3 Å². The highest BCUT2D eigenvalue weighted by molar-refractivity contribution is 5.87. The van der Waals surface area contributed by atoms with Crippen LogP contribution in [0.1, 0.15) is 17.5 Å². The smallest absolute Gasteiger partial charge is 0.330 e. The fourth-order valence-corrected chi connectivity index (χ4v) is 3.77. The zero-order valence-electron chi connectivity index (χ0n) is 20.9. The first kappa shape index (κ1) is 29.0. The number of esters is 1. The van der Waals surface area contributed by atoms with Crippen LogP contribution in [0.5, 0.6) is 28.7 Å². The van der Waals surface area contributed by atoms with Gasteiger partial charge in [0, 0.05) is 12.7 Å². The molecule has 12 nitrogen and oxygen atoms in total. The standard InChI is InChI=1S/C26H32O12/c1-34-18-11-15(4-3-9-27)12-19(35-2)25(18)38-26-24(33)23(32)22(31)20(37-26)13-36-21(30)8-6-14-5-7-16(28)17(29)10-14/h5-8,10-12,20,22-24,26-29,31-33H,3-4,9,13H2,1-2H3/b8-6+/t20?,22-,23?,24?,26+/m1/s1. The van der Waals surface area contributed by atoms with Crippen molar-refractivity contribution in [2.45, 2.75) is 43.5 Å². The largest absolute Gasteiger partial charge is 0.504 e. The highest BCUT2D eigenvalue weighted by Crippen LogP contribution is 2.41. The van der Waals surface area contributed by atoms with Crippen LogP contribution in [0.25, 0.3) is 6.08 Å². The van der Waals surface area contributed by atoms with E-state index in [1.54, 1.807) is 12.1 Å². The molecule has 208 valence electrons. The molecular weight excluding hydrogens is 504 g/mol. The molecule has 3 unspecified atom stereocenters. The Labute approximate surface area is 218 Å². The van der Waals surface area contributed by atoms with E-state index in [2.05, 4.69) is 0 Å². The number of ether oxygens (including phenoxy) is 5. The number of carbonyl (C=O) groups excluding carboxylic acids is 1. The highest BCUT2D eigenvalue weighted by Gasteiger charge is 2.46. The summed E-state index contributed by atoms with van der Waals surface area (Å²) < 4.78 is 27.3. The van der Waals surface area contributed by atoms with Crippen LogP contribution in [-0.2, 0) is 20.7 Å². The molecule has 38 heavy (non-hydrogen) atoms. The Morgan fingerprint density at radius 1 is 0.974 bits per heavy atom. The van der Waals surface area contributed by atoms with Crippen LogP contribution in [0.4, 0.5) is 0 Å². The van der Waals surface area contributed by atoms with Gasteiger partial charge in [-0.05, 0) is 54.3 Å². The molecule has 0 aromatic heterocycles. The number of aryl methyl sites for hydroxylation is 1. The van der Waals surface area contributed by atoms with Crippen molar-refractivity contribution < 1.29 is 59.1 Å². The molecule has 1 aliphatic rings. The number of benzene rings is 2. The maximum Gasteiger partial charge on any atom is 0.330 e. The summed E-state index contributed by atoms with van der Waals surface area (Å²) in [5.41, 5.74) is 1.23. The maximum atomic E-state index is 12.2. The van der Waals surface area contributed by atoms with Crippen molar-refractivity contribution in [2.75, 3.05) is 27.4 Å². The maximum absolute atomic E-state index is 12.2. The lowest BCUT2D eigenvalue weighted by molar-refractivity contribution is -0.278. The van der Waals surface area contributed by atoms with E-state index < -0.39 is 43.3 Å². The Morgan fingerprint density at radius 2 is 1.66 bits per heavy atom. The lowest BCUT2D eigenvalue weighted by atomic mass is 9.99. The molecule has 5 atom stereocenters. The second kappa shape index (κ2) is 13.3. The van der Waals surface area contributed by atoms with Gasteiger partial charge in [-0.1, -0.05) is 6.07 Å². The Balaban J connectivity index is 1.70. The number of phenolic OH excluding ortho intramolecular Hbond substituents is 2. The van der Waals surface area contributed by atoms with Crippen molar-refractivity contribution in [3.05, 3.63) is 47.5 Å². The van der Waals surface area contributed by atoms with Gasteiger partial charge in [0.05, 0.1) is 14.2 Å². The quantitative estimate of drug-likeness (QED) is 0.133. The highest BCUT2D eigenvalue weighted by atomic mass is 16.7. The third kappa shape index (κ3) is 7.05. The lowest BCUT2D eigenvalue weighted by Crippen LogP contribution is -2.60. The summed E-state index contributed by atoms with van der Waals surface area (Å²) in [6, 6.07) is 7.32. The molecule has 12 heteroatoms. The molecule has 0 bridgehead atoms. The van der Waals surface area contributed by atoms with Crippen LogP contribution >= 0.6 is 0 Å². The summed E-state index contributed by atoms with van der Waals surface area (Å²) >= 11 is 0. The molecular formula is C26H32O12. The molecule has 2 aromatic rings. The summed E-state index contributed by atoms with van der Waals surface area (Å²) in [7, 11) is 2.81. The molecule has 1 saturated heterocycles. The molecule has 6 N–H and O–H groups in total. The van der Waals surface area contributed by atoms with Crippen molar-refractivity contribution in [1.29, 1.82) is 0 Å². The molecule has 0 aliphatic carbocycles. The van der Waals surface area contributed by atoms with Gasteiger partial charge in [0.15, 0.2) is 23.0 Å². The number of aromatic hydroxyl groups is 2. The third-order valence-electron chi connectivity index (χ3n) is 5.85. The van der Waals surface area contributed by atoms with E-state index in [-0.39, 0.29) is 35.4 Å². The molecule has 1 heterocycles. The fraction of sp³-hybridized carbons (Fsp3) is 0.423. The number of aliphatic hydroxyl groups excluding tert-OH is 4. The molecule has 3 rings (SSSR count). The van der Waals surface area contributed by atoms with Gasteiger partial charge in [0.25, 0.3) is 0 Å². The van der Waals surface area contributed by atoms with E-state index in [1.807, 2.05) is 0 Å². The summed E-state index contributed by atoms with van der Waals surface area (Å²) in [4.78, 5) is 12.2. The minimum Gasteiger partial charge on any atom is -0.504 e. The monoisotopic (exact) mass is 536 g/mol. The first-order valence-corrected chi connectivity index (χ1v) is 11.8. The second-order valence-electron chi connectivity index (χ2n) is 8.50. The van der Waals surface area contributed by atoms with E-state index in [0.29, 0.717) is 18.4 Å². The molecule has 2 aromatic carbocycles. The van der Waals surface area contributed by atoms with Gasteiger partial charge in [-0.15, -0.1) is 0 Å². The van der Waals surface area contributed by atoms with Crippen LogP contribution in [0.2, 0.25) is 0 Å². The van der Waals surface area contributed by atoms with Crippen LogP contribution in [0, 0.1) is 0 Å². The normalized spacial score (nSPS) is 23.3. The molecule has 0 amide bonds. The predicted molar refractivity (Wildman–Crippen MR) is 132 cm³/mol. The van der Waals surface area contributed by atoms with Crippen LogP contribution < -0.4 is 14.2 Å². The zero-order valence-corrected chi connectivity index (χ0v) is 20.9. The first-order chi connectivity index (χ1) is 18.2. The van der Waals surface area contributed by atoms with Crippen LogP contribution in [-0.4, -0.2) is 94.7 Å². The van der Waals surface area contributed by atoms with Gasteiger partial charge >= 0.3 is 5.97 Å². The van der Waals surface area contributed by atoms with E-state index in [0.717, 1.165) is 11.6 Å². The van der Waals surface area contributed by atoms with Crippen molar-refractivity contribution in [3.8, 4) is 28.7 Å². The number of carbonyl (C=O) groups is 1. The van der Waals surface area contributed by atoms with Gasteiger partial charge in [0.1, 0.15) is 31.0 Å². The molecule has 1 aliphatic heterocycles. The molecule has 1 fully saturated rings. The first-order valence-electron chi connectivity index (χ1n) is 11.8. The summed E-state index contributed by atoms with van der Waals surface area (Å²) in [5.74, 6) is -0.895. The number of methoxy groups -OCH3 is 2. The number of hydrogen-bond donors (Lipinski definition) is 6. The minimum atomic E-state index is -1.69. The van der Waals surface area contributed by atoms with Crippen molar-refractivity contribution in [3.63, 3.8) is 0 Å². The second-order valence-corrected chi connectivity index (χ2v) is 8.50. The van der Waals surface area contributed by atoms with E-state index in [1.165, 1.54) is 38.5 Å². The third-order valence-corrected chi connectivity index (χ3v) is 5.85. The molecule has 0 spiro atoms. The SMILES string of the molecule is COc1cc(CCCO)cc(OC)c1O[C@@H]1OC(COC(=O)/C=C/c2ccc(O)c(O)c2)[C@@H](O)C(O)C1O. The summed E-state index contributed by atoms with van der Waals surface area (Å²) in [6.07, 6.45) is -4.22. The van der Waals surface area contributed by atoms with Crippen molar-refractivity contribution in [2.24, 2.45) is 0 Å². The van der Waals surface area contributed by atoms with Crippen LogP contribution in [0.15, 0.2) is 36.4 Å². The minimum absolute atomic E-state index is 0.00730. The van der Waals surface area contributed by atoms with Gasteiger partial charge in [-0.25, -0.2) is 4.79 Å². The average molecular weight is 537 g/mol. The lowest BCUT2D eigenvalue weighted by Gasteiger charge is -2.40. The topological polar surface area (TPSA) is 185 Å². The zero-order chi connectivity index (χ0) is 27.8. The Bertz CT molecular complexity index is 1090. The Morgan fingerprint density at radius 3 is 2.26 bits per heavy atom. The van der Waals surface area contributed by atoms with Crippen molar-refractivity contribution in [1.82, 2.24) is 0 Å². The number of phenols is 2. The predicted octanol–water partition coefficient (Wildman–Crippen LogP) is 0.483. The van der Waals surface area contributed by atoms with Gasteiger partial charge in [-0.2, -0.15) is 0 Å².